The average molecular weight is 375 g/mol. The van der Waals surface area contributed by atoms with Crippen LogP contribution < -0.4 is 5.32 Å². The minimum absolute atomic E-state index is 0.0297. The molecule has 1 aliphatic rings. The van der Waals surface area contributed by atoms with Gasteiger partial charge in [-0.1, -0.05) is 24.6 Å². The largest absolute Gasteiger partial charge is 0.477 e. The van der Waals surface area contributed by atoms with Crippen LogP contribution in [0.15, 0.2) is 47.4 Å². The molecule has 1 aromatic heterocycles. The van der Waals surface area contributed by atoms with E-state index in [1.807, 2.05) is 0 Å². The van der Waals surface area contributed by atoms with Gasteiger partial charge in [-0.05, 0) is 42.7 Å². The van der Waals surface area contributed by atoms with Crippen molar-refractivity contribution < 1.29 is 18.3 Å². The predicted molar refractivity (Wildman–Crippen MR) is 97.6 cm³/mol. The monoisotopic (exact) mass is 375 g/mol. The second kappa shape index (κ2) is 7.84. The summed E-state index contributed by atoms with van der Waals surface area (Å²) in [5, 5.41) is 12.0. The molecule has 0 radical (unpaired) electrons. The van der Waals surface area contributed by atoms with Gasteiger partial charge in [0.25, 0.3) is 0 Å². The van der Waals surface area contributed by atoms with Gasteiger partial charge in [-0.15, -0.1) is 0 Å². The molecule has 0 atom stereocenters. The summed E-state index contributed by atoms with van der Waals surface area (Å²) < 4.78 is 26.8. The Hall–Kier alpha value is -2.45. The van der Waals surface area contributed by atoms with Gasteiger partial charge in [0.15, 0.2) is 5.69 Å². The van der Waals surface area contributed by atoms with Crippen molar-refractivity contribution in [1.29, 1.82) is 0 Å². The van der Waals surface area contributed by atoms with E-state index in [9.17, 15) is 13.2 Å². The van der Waals surface area contributed by atoms with Crippen molar-refractivity contribution in [3.63, 3.8) is 0 Å². The third-order valence-corrected chi connectivity index (χ3v) is 6.23. The first-order chi connectivity index (χ1) is 12.5. The number of anilines is 1. The normalized spacial score (nSPS) is 15.5. The van der Waals surface area contributed by atoms with Gasteiger partial charge in [0.1, 0.15) is 5.82 Å². The zero-order valence-corrected chi connectivity index (χ0v) is 15.1. The lowest BCUT2D eigenvalue weighted by Crippen LogP contribution is -2.35. The van der Waals surface area contributed by atoms with Gasteiger partial charge >= 0.3 is 5.97 Å². The van der Waals surface area contributed by atoms with Gasteiger partial charge in [0.05, 0.1) is 4.90 Å². The van der Waals surface area contributed by atoms with Gasteiger partial charge in [0, 0.05) is 19.6 Å². The fourth-order valence-electron chi connectivity index (χ4n) is 2.88. The van der Waals surface area contributed by atoms with Crippen LogP contribution in [0, 0.1) is 0 Å². The minimum Gasteiger partial charge on any atom is -0.477 e. The zero-order valence-electron chi connectivity index (χ0n) is 14.3. The lowest BCUT2D eigenvalue weighted by molar-refractivity contribution is 0.0690. The maximum atomic E-state index is 12.6. The van der Waals surface area contributed by atoms with Gasteiger partial charge in [-0.2, -0.15) is 4.31 Å². The van der Waals surface area contributed by atoms with Crippen LogP contribution in [0.5, 0.6) is 0 Å². The summed E-state index contributed by atoms with van der Waals surface area (Å²) in [5.41, 5.74) is 0.850. The van der Waals surface area contributed by atoms with Crippen LogP contribution in [0.4, 0.5) is 5.82 Å². The summed E-state index contributed by atoms with van der Waals surface area (Å²) in [4.78, 5) is 15.2. The molecule has 0 unspecified atom stereocenters. The molecule has 2 aromatic rings. The number of carboxylic acid groups (broad SMARTS) is 1. The lowest BCUT2D eigenvalue weighted by Gasteiger charge is -2.25. The van der Waals surface area contributed by atoms with Crippen molar-refractivity contribution in [3.05, 3.63) is 53.7 Å². The number of aromatic nitrogens is 1. The van der Waals surface area contributed by atoms with E-state index in [1.165, 1.54) is 6.07 Å². The van der Waals surface area contributed by atoms with E-state index in [1.54, 1.807) is 40.7 Å². The number of rotatable bonds is 6. The van der Waals surface area contributed by atoms with Gasteiger partial charge in [0.2, 0.25) is 10.0 Å². The molecule has 0 amide bonds. The standard InChI is InChI=1S/C18H21N3O4S/c22-18(23)16-5-4-6-17(20-16)19-13-14-7-9-15(10-8-14)26(24,25)21-11-2-1-3-12-21/h4-10H,1-3,11-13H2,(H,19,20)(H,22,23). The Balaban J connectivity index is 1.66. The maximum Gasteiger partial charge on any atom is 0.354 e. The fourth-order valence-corrected chi connectivity index (χ4v) is 4.40. The highest BCUT2D eigenvalue weighted by Crippen LogP contribution is 2.21. The average Bonchev–Trinajstić information content (AvgIpc) is 2.67. The molecule has 1 aromatic carbocycles. The number of carbonyl (C=O) groups is 1. The summed E-state index contributed by atoms with van der Waals surface area (Å²) in [7, 11) is -3.43. The molecule has 0 aliphatic carbocycles. The van der Waals surface area contributed by atoms with Crippen LogP contribution in [0.25, 0.3) is 0 Å². The molecule has 8 heteroatoms. The Morgan fingerprint density at radius 2 is 1.77 bits per heavy atom. The molecule has 3 rings (SSSR count). The number of benzene rings is 1. The van der Waals surface area contributed by atoms with E-state index in [2.05, 4.69) is 10.3 Å². The molecule has 26 heavy (non-hydrogen) atoms. The SMILES string of the molecule is O=C(O)c1cccc(NCc2ccc(S(=O)(=O)N3CCCCC3)cc2)n1. The Labute approximate surface area is 152 Å². The first kappa shape index (κ1) is 18.3. The lowest BCUT2D eigenvalue weighted by atomic mass is 10.2. The van der Waals surface area contributed by atoms with Crippen LogP contribution in [0.1, 0.15) is 35.3 Å². The Bertz CT molecular complexity index is 876. The predicted octanol–water partition coefficient (Wildman–Crippen LogP) is 2.57. The van der Waals surface area contributed by atoms with Crippen molar-refractivity contribution in [2.75, 3.05) is 18.4 Å². The van der Waals surface area contributed by atoms with E-state index in [-0.39, 0.29) is 5.69 Å². The highest BCUT2D eigenvalue weighted by Gasteiger charge is 2.25. The van der Waals surface area contributed by atoms with E-state index in [4.69, 9.17) is 5.11 Å². The van der Waals surface area contributed by atoms with Crippen LogP contribution in [-0.4, -0.2) is 41.9 Å². The number of hydrogen-bond acceptors (Lipinski definition) is 5. The zero-order chi connectivity index (χ0) is 18.6. The molecule has 1 fully saturated rings. The minimum atomic E-state index is -3.43. The number of pyridine rings is 1. The molecule has 1 saturated heterocycles. The first-order valence-electron chi connectivity index (χ1n) is 8.50. The number of nitrogens with zero attached hydrogens (tertiary/aromatic N) is 2. The molecule has 1 aliphatic heterocycles. The van der Waals surface area contributed by atoms with Crippen LogP contribution in [-0.2, 0) is 16.6 Å². The van der Waals surface area contributed by atoms with E-state index < -0.39 is 16.0 Å². The second-order valence-corrected chi connectivity index (χ2v) is 8.11. The molecule has 2 N–H and O–H groups in total. The summed E-state index contributed by atoms with van der Waals surface area (Å²) >= 11 is 0. The van der Waals surface area contributed by atoms with Gasteiger partial charge < -0.3 is 10.4 Å². The second-order valence-electron chi connectivity index (χ2n) is 6.18. The van der Waals surface area contributed by atoms with Crippen molar-refractivity contribution in [2.45, 2.75) is 30.7 Å². The summed E-state index contributed by atoms with van der Waals surface area (Å²) in [6, 6.07) is 11.5. The Morgan fingerprint density at radius 1 is 1.08 bits per heavy atom. The van der Waals surface area contributed by atoms with Crippen molar-refractivity contribution in [2.24, 2.45) is 0 Å². The molecule has 138 valence electrons. The van der Waals surface area contributed by atoms with Crippen LogP contribution in [0.2, 0.25) is 0 Å². The summed E-state index contributed by atoms with van der Waals surface area (Å²) in [6.07, 6.45) is 2.89. The molecule has 0 bridgehead atoms. The molecular formula is C18H21N3O4S. The summed E-state index contributed by atoms with van der Waals surface area (Å²) in [6.45, 7) is 1.58. The van der Waals surface area contributed by atoms with E-state index in [0.717, 1.165) is 24.8 Å². The molecular weight excluding hydrogens is 354 g/mol. The maximum absolute atomic E-state index is 12.6. The highest BCUT2D eigenvalue weighted by atomic mass is 32.2. The molecule has 7 nitrogen and oxygen atoms in total. The number of sulfonamides is 1. The number of piperidine rings is 1. The number of nitrogens with one attached hydrogen (secondary N) is 1. The van der Waals surface area contributed by atoms with Crippen molar-refractivity contribution in [3.8, 4) is 0 Å². The number of hydrogen-bond donors (Lipinski definition) is 2. The number of carboxylic acids is 1. The number of aromatic carboxylic acids is 1. The molecule has 0 spiro atoms. The van der Waals surface area contributed by atoms with Crippen molar-refractivity contribution in [1.82, 2.24) is 9.29 Å². The van der Waals surface area contributed by atoms with E-state index >= 15 is 0 Å². The Morgan fingerprint density at radius 3 is 2.42 bits per heavy atom. The molecule has 2 heterocycles. The van der Waals surface area contributed by atoms with Gasteiger partial charge in [-0.3, -0.25) is 0 Å². The first-order valence-corrected chi connectivity index (χ1v) is 9.94. The molecule has 0 saturated carbocycles. The smallest absolute Gasteiger partial charge is 0.354 e. The van der Waals surface area contributed by atoms with Crippen molar-refractivity contribution >= 4 is 21.8 Å². The van der Waals surface area contributed by atoms with Crippen LogP contribution >= 0.6 is 0 Å². The summed E-state index contributed by atoms with van der Waals surface area (Å²) in [5.74, 6) is -0.629. The third-order valence-electron chi connectivity index (χ3n) is 4.32. The van der Waals surface area contributed by atoms with E-state index in [0.29, 0.717) is 30.3 Å². The quantitative estimate of drug-likeness (QED) is 0.805. The van der Waals surface area contributed by atoms with Crippen LogP contribution in [0.3, 0.4) is 0 Å². The highest BCUT2D eigenvalue weighted by molar-refractivity contribution is 7.89. The van der Waals surface area contributed by atoms with Gasteiger partial charge in [-0.25, -0.2) is 18.2 Å². The topological polar surface area (TPSA) is 99.6 Å². The Kier molecular flexibility index (Phi) is 5.53. The fraction of sp³-hybridized carbons (Fsp3) is 0.333. The third kappa shape index (κ3) is 4.20.